The number of phenolic OH excluding ortho intramolecular Hbond substituents is 1. The second-order valence-corrected chi connectivity index (χ2v) is 15.0. The summed E-state index contributed by atoms with van der Waals surface area (Å²) in [7, 11) is -4.82. The molecule has 6 heteroatoms. The van der Waals surface area contributed by atoms with E-state index in [2.05, 4.69) is 68.4 Å². The number of phenols is 1. The van der Waals surface area contributed by atoms with Crippen LogP contribution in [0.2, 0.25) is 0 Å². The van der Waals surface area contributed by atoms with Gasteiger partial charge in [0.2, 0.25) is 0 Å². The van der Waals surface area contributed by atoms with Gasteiger partial charge in [-0.2, -0.15) is 0 Å². The minimum Gasteiger partial charge on any atom is -0.507 e. The molecule has 0 amide bonds. The van der Waals surface area contributed by atoms with Gasteiger partial charge in [-0.1, -0.05) is 107 Å². The van der Waals surface area contributed by atoms with E-state index < -0.39 is 13.2 Å². The molecule has 2 rings (SSSR count). The third-order valence-electron chi connectivity index (χ3n) is 6.29. The van der Waals surface area contributed by atoms with E-state index in [0.29, 0.717) is 11.1 Å². The van der Waals surface area contributed by atoms with Crippen molar-refractivity contribution in [2.45, 2.75) is 111 Å². The molecule has 196 valence electrons. The topological polar surface area (TPSA) is 87.0 Å². The van der Waals surface area contributed by atoms with E-state index in [1.54, 1.807) is 0 Å². The summed E-state index contributed by atoms with van der Waals surface area (Å²) in [5, 5.41) is 11.4. The van der Waals surface area contributed by atoms with Gasteiger partial charge in [0.25, 0.3) is 0 Å². The van der Waals surface area contributed by atoms with E-state index >= 15 is 0 Å². The third-order valence-corrected chi connectivity index (χ3v) is 6.71. The Hall–Kier alpha value is -1.81. The van der Waals surface area contributed by atoms with E-state index in [0.717, 1.165) is 22.3 Å². The van der Waals surface area contributed by atoms with Gasteiger partial charge in [0.1, 0.15) is 11.5 Å². The number of aromatic hydroxyl groups is 1. The van der Waals surface area contributed by atoms with Crippen molar-refractivity contribution in [2.24, 2.45) is 0 Å². The largest absolute Gasteiger partial charge is 0.524 e. The zero-order valence-corrected chi connectivity index (χ0v) is 24.5. The fraction of sp³-hybridized carbons (Fsp3) is 0.586. The number of benzene rings is 2. The minimum atomic E-state index is -4.82. The SMILES string of the molecule is CC(C)(C)c1cc(Cc2cc(C(C)(C)C)cc(C(C)(C)C)c2OP(=O)(O)O)c(O)c(C(C)(C)C)c1. The first-order valence-electron chi connectivity index (χ1n) is 12.2. The minimum absolute atomic E-state index is 0.141. The second-order valence-electron chi connectivity index (χ2n) is 13.8. The average Bonchev–Trinajstić information content (AvgIpc) is 2.59. The molecule has 0 saturated carbocycles. The molecule has 0 aliphatic carbocycles. The summed E-state index contributed by atoms with van der Waals surface area (Å²) in [5.74, 6) is 0.405. The quantitative estimate of drug-likeness (QED) is 0.372. The predicted molar refractivity (Wildman–Crippen MR) is 145 cm³/mol. The van der Waals surface area contributed by atoms with Crippen molar-refractivity contribution < 1.29 is 24.0 Å². The van der Waals surface area contributed by atoms with Crippen molar-refractivity contribution in [1.82, 2.24) is 0 Å². The maximum absolute atomic E-state index is 12.0. The Labute approximate surface area is 212 Å². The van der Waals surface area contributed by atoms with Crippen LogP contribution in [0.4, 0.5) is 0 Å². The number of phosphoric acid groups is 1. The first-order chi connectivity index (χ1) is 15.4. The van der Waals surface area contributed by atoms with Gasteiger partial charge in [0, 0.05) is 12.0 Å². The van der Waals surface area contributed by atoms with E-state index in [-0.39, 0.29) is 34.2 Å². The Morgan fingerprint density at radius 1 is 0.657 bits per heavy atom. The molecule has 0 spiro atoms. The standard InChI is InChI=1S/C29H45O5P/c1-26(2,3)20-14-18(24(30)22(16-20)28(7,8)9)13-19-15-21(27(4,5)6)17-23(29(10,11)12)25(19)34-35(31,32)33/h14-17,30H,13H2,1-12H3,(H2,31,32,33). The number of phosphoric ester groups is 1. The van der Waals surface area contributed by atoms with Crippen LogP contribution in [0.3, 0.4) is 0 Å². The number of rotatable bonds is 4. The summed E-state index contributed by atoms with van der Waals surface area (Å²) in [5.41, 5.74) is 4.02. The molecule has 5 nitrogen and oxygen atoms in total. The van der Waals surface area contributed by atoms with Crippen molar-refractivity contribution >= 4 is 7.82 Å². The summed E-state index contributed by atoms with van der Waals surface area (Å²) in [6, 6.07) is 8.02. The molecule has 0 saturated heterocycles. The van der Waals surface area contributed by atoms with E-state index in [9.17, 15) is 19.5 Å². The second kappa shape index (κ2) is 9.25. The molecule has 0 heterocycles. The lowest BCUT2D eigenvalue weighted by Gasteiger charge is -2.30. The molecular weight excluding hydrogens is 459 g/mol. The van der Waals surface area contributed by atoms with E-state index in [4.69, 9.17) is 4.52 Å². The van der Waals surface area contributed by atoms with Crippen LogP contribution < -0.4 is 4.52 Å². The van der Waals surface area contributed by atoms with Crippen LogP contribution in [0.15, 0.2) is 24.3 Å². The highest BCUT2D eigenvalue weighted by atomic mass is 31.2. The molecule has 2 aromatic rings. The molecule has 0 fully saturated rings. The molecular formula is C29H45O5P. The van der Waals surface area contributed by atoms with Crippen LogP contribution in [0.25, 0.3) is 0 Å². The van der Waals surface area contributed by atoms with Gasteiger partial charge < -0.3 is 9.63 Å². The molecule has 0 atom stereocenters. The zero-order valence-electron chi connectivity index (χ0n) is 23.6. The third kappa shape index (κ3) is 7.35. The molecule has 0 aliphatic heterocycles. The lowest BCUT2D eigenvalue weighted by molar-refractivity contribution is 0.280. The first kappa shape index (κ1) is 29.4. The highest BCUT2D eigenvalue weighted by Gasteiger charge is 2.31. The van der Waals surface area contributed by atoms with Gasteiger partial charge in [-0.15, -0.1) is 0 Å². The highest BCUT2D eigenvalue weighted by Crippen LogP contribution is 2.47. The highest BCUT2D eigenvalue weighted by molar-refractivity contribution is 7.46. The average molecular weight is 505 g/mol. The molecule has 0 aliphatic rings. The first-order valence-corrected chi connectivity index (χ1v) is 13.7. The van der Waals surface area contributed by atoms with Crippen LogP contribution in [0.5, 0.6) is 11.5 Å². The molecule has 0 aromatic heterocycles. The van der Waals surface area contributed by atoms with Crippen LogP contribution in [-0.4, -0.2) is 14.9 Å². The maximum atomic E-state index is 12.0. The van der Waals surface area contributed by atoms with Crippen molar-refractivity contribution in [3.05, 3.63) is 57.6 Å². The van der Waals surface area contributed by atoms with Gasteiger partial charge in [0.05, 0.1) is 0 Å². The summed E-state index contributed by atoms with van der Waals surface area (Å²) < 4.78 is 17.4. The summed E-state index contributed by atoms with van der Waals surface area (Å²) in [4.78, 5) is 19.6. The normalized spacial score (nSPS) is 13.8. The van der Waals surface area contributed by atoms with E-state index in [1.165, 1.54) is 0 Å². The van der Waals surface area contributed by atoms with Crippen LogP contribution in [-0.2, 0) is 32.6 Å². The van der Waals surface area contributed by atoms with Gasteiger partial charge in [-0.05, 0) is 49.5 Å². The summed E-state index contributed by atoms with van der Waals surface area (Å²) >= 11 is 0. The molecule has 3 N–H and O–H groups in total. The van der Waals surface area contributed by atoms with Crippen molar-refractivity contribution in [2.75, 3.05) is 0 Å². The van der Waals surface area contributed by atoms with Crippen LogP contribution in [0, 0.1) is 0 Å². The van der Waals surface area contributed by atoms with Gasteiger partial charge in [-0.25, -0.2) is 4.57 Å². The molecule has 35 heavy (non-hydrogen) atoms. The van der Waals surface area contributed by atoms with Gasteiger partial charge in [0.15, 0.2) is 0 Å². The number of hydrogen-bond donors (Lipinski definition) is 3. The number of hydrogen-bond acceptors (Lipinski definition) is 3. The van der Waals surface area contributed by atoms with Crippen molar-refractivity contribution in [1.29, 1.82) is 0 Å². The molecule has 2 aromatic carbocycles. The fourth-order valence-electron chi connectivity index (χ4n) is 4.08. The molecule has 0 bridgehead atoms. The Morgan fingerprint density at radius 3 is 1.43 bits per heavy atom. The van der Waals surface area contributed by atoms with Crippen LogP contribution in [0.1, 0.15) is 116 Å². The lowest BCUT2D eigenvalue weighted by atomic mass is 9.76. The Morgan fingerprint density at radius 2 is 1.06 bits per heavy atom. The smallest absolute Gasteiger partial charge is 0.507 e. The molecule has 0 unspecified atom stereocenters. The predicted octanol–water partition coefficient (Wildman–Crippen LogP) is 7.64. The monoisotopic (exact) mass is 504 g/mol. The Kier molecular flexibility index (Phi) is 7.77. The maximum Gasteiger partial charge on any atom is 0.524 e. The van der Waals surface area contributed by atoms with E-state index in [1.807, 2.05) is 39.0 Å². The Bertz CT molecular complexity index is 1130. The lowest BCUT2D eigenvalue weighted by Crippen LogP contribution is -2.20. The summed E-state index contributed by atoms with van der Waals surface area (Å²) in [6.45, 7) is 24.9. The Balaban J connectivity index is 2.94. The summed E-state index contributed by atoms with van der Waals surface area (Å²) in [6.07, 6.45) is 0.279. The molecule has 0 radical (unpaired) electrons. The van der Waals surface area contributed by atoms with Crippen molar-refractivity contribution in [3.63, 3.8) is 0 Å². The fourth-order valence-corrected chi connectivity index (χ4v) is 4.53. The van der Waals surface area contributed by atoms with Gasteiger partial charge >= 0.3 is 7.82 Å². The van der Waals surface area contributed by atoms with Crippen molar-refractivity contribution in [3.8, 4) is 11.5 Å². The zero-order chi connectivity index (χ0) is 27.4. The van der Waals surface area contributed by atoms with Gasteiger partial charge in [-0.3, -0.25) is 9.79 Å². The van der Waals surface area contributed by atoms with Crippen LogP contribution >= 0.6 is 7.82 Å².